The molecule has 6 rings (SSSR count). The number of hydrogen-bond donors (Lipinski definition) is 25. The van der Waals surface area contributed by atoms with Gasteiger partial charge in [-0.1, -0.05) is 98.2 Å². The van der Waals surface area contributed by atoms with Crippen LogP contribution in [0.15, 0.2) is 79.0 Å². The molecule has 15 amide bonds. The average molecular weight is 1670 g/mol. The second-order valence-electron chi connectivity index (χ2n) is 28.7. The minimum atomic E-state index is -1.94. The van der Waals surface area contributed by atoms with Crippen LogP contribution in [0.3, 0.4) is 0 Å². The number of fused-ring (bicyclic) bond motifs is 6. The summed E-state index contributed by atoms with van der Waals surface area (Å²) >= 11 is 0. The van der Waals surface area contributed by atoms with Gasteiger partial charge in [0.15, 0.2) is 5.96 Å². The van der Waals surface area contributed by atoms with Crippen molar-refractivity contribution in [3.8, 4) is 11.5 Å². The zero-order valence-electron chi connectivity index (χ0n) is 65.2. The lowest BCUT2D eigenvalue weighted by atomic mass is 9.98. The number of aromatic amines is 1. The summed E-state index contributed by atoms with van der Waals surface area (Å²) in [5, 5.41) is 98.5. The number of aliphatic hydroxyl groups is 3. The molecular formula is C75H108N20O20S2. The van der Waals surface area contributed by atoms with Crippen molar-refractivity contribution in [2.75, 3.05) is 51.0 Å². The lowest BCUT2D eigenvalue weighted by molar-refractivity contribution is -0.137. The number of H-pyrrole nitrogens is 1. The largest absolute Gasteiger partial charge is 0.508 e. The normalized spacial score (nSPS) is 24.6. The molecule has 0 radical (unpaired) electrons. The number of unbranched alkanes of at least 4 members (excludes halogenated alkanes) is 1. The first kappa shape index (κ1) is 94.5. The van der Waals surface area contributed by atoms with Gasteiger partial charge < -0.3 is 127 Å². The van der Waals surface area contributed by atoms with Crippen molar-refractivity contribution in [2.45, 2.75) is 183 Å². The SMILES string of the molecule is CC[C@H](C)[C@H]1NC(=O)[C@@H]2CSSC[C@H](NC(=O)[C@H](CCCCN)NC(=O)[C@H](Cc3ccc(O)cc3)NC(=O)[C@H](CO)NC(=O)[C@H](CO)NC(=O)[C@H](CCCNC(=N)N)NC(=O)CNC1=O)C(=O)N[C@@H](CC(C)C)C(=O)N[C@@H](Cc1ccc(O)cc1)C(=O)N[C@@H](CCC(N)=O)C(=O)N[C@@H](CO)C(=O)N[C@@H](Cc1c[nH]c3ccccc13)C(=O)N2. The van der Waals surface area contributed by atoms with Gasteiger partial charge in [0, 0.05) is 60.8 Å². The highest BCUT2D eigenvalue weighted by molar-refractivity contribution is 8.76. The summed E-state index contributed by atoms with van der Waals surface area (Å²) in [6, 6.07) is -4.92. The predicted molar refractivity (Wildman–Crippen MR) is 429 cm³/mol. The van der Waals surface area contributed by atoms with Crippen LogP contribution < -0.4 is 97.0 Å². The predicted octanol–water partition coefficient (Wildman–Crippen LogP) is -5.84. The van der Waals surface area contributed by atoms with E-state index >= 15 is 24.0 Å². The molecule has 117 heavy (non-hydrogen) atoms. The number of nitrogens with two attached hydrogens (primary N) is 3. The Morgan fingerprint density at radius 3 is 1.38 bits per heavy atom. The number of para-hydroxylation sites is 1. The highest BCUT2D eigenvalue weighted by Crippen LogP contribution is 2.26. The number of carbonyl (C=O) groups is 15. The van der Waals surface area contributed by atoms with Crippen LogP contribution in [0.25, 0.3) is 10.9 Å². The molecule has 3 aromatic carbocycles. The van der Waals surface area contributed by atoms with Gasteiger partial charge in [-0.25, -0.2) is 0 Å². The van der Waals surface area contributed by atoms with E-state index in [1.54, 1.807) is 58.2 Å². The van der Waals surface area contributed by atoms with Gasteiger partial charge in [0.05, 0.1) is 26.4 Å². The molecule has 3 heterocycles. The maximum absolute atomic E-state index is 15.4. The van der Waals surface area contributed by atoms with Crippen LogP contribution in [0, 0.1) is 17.2 Å². The summed E-state index contributed by atoms with van der Waals surface area (Å²) in [7, 11) is 1.64. The van der Waals surface area contributed by atoms with Crippen molar-refractivity contribution >= 4 is 127 Å². The van der Waals surface area contributed by atoms with Gasteiger partial charge in [-0.3, -0.25) is 77.3 Å². The molecule has 2 saturated heterocycles. The Labute approximate surface area is 681 Å². The van der Waals surface area contributed by atoms with Gasteiger partial charge in [0.25, 0.3) is 0 Å². The van der Waals surface area contributed by atoms with Gasteiger partial charge in [-0.2, -0.15) is 0 Å². The van der Waals surface area contributed by atoms with E-state index in [0.717, 1.165) is 21.6 Å². The van der Waals surface area contributed by atoms with Gasteiger partial charge >= 0.3 is 0 Å². The number of benzene rings is 3. The van der Waals surface area contributed by atoms with Crippen molar-refractivity contribution < 1.29 is 97.5 Å². The van der Waals surface area contributed by atoms with Crippen molar-refractivity contribution in [3.05, 3.63) is 95.7 Å². The van der Waals surface area contributed by atoms with Crippen LogP contribution in [0.4, 0.5) is 0 Å². The first-order valence-corrected chi connectivity index (χ1v) is 40.7. The molecule has 2 bridgehead atoms. The molecule has 42 heteroatoms. The van der Waals surface area contributed by atoms with Crippen molar-refractivity contribution in [2.24, 2.45) is 29.0 Å². The molecule has 0 unspecified atom stereocenters. The number of phenols is 2. The molecule has 2 fully saturated rings. The molecule has 2 aliphatic rings. The average Bonchev–Trinajstić information content (AvgIpc) is 1.64. The Kier molecular flexibility index (Phi) is 38.5. The number of aromatic nitrogens is 1. The number of guanidine groups is 1. The number of aromatic hydroxyl groups is 2. The fourth-order valence-electron chi connectivity index (χ4n) is 12.4. The number of hydrogen-bond acceptors (Lipinski definition) is 24. The van der Waals surface area contributed by atoms with E-state index in [9.17, 15) is 73.5 Å². The molecule has 28 N–H and O–H groups in total. The van der Waals surface area contributed by atoms with Crippen molar-refractivity contribution in [1.82, 2.24) is 84.7 Å². The number of aliphatic hydroxyl groups excluding tert-OH is 3. The van der Waals surface area contributed by atoms with Crippen LogP contribution in [0.5, 0.6) is 11.5 Å². The summed E-state index contributed by atoms with van der Waals surface area (Å²) in [6.45, 7) is 2.34. The number of primary amides is 1. The summed E-state index contributed by atoms with van der Waals surface area (Å²) in [5.74, 6) is -19.4. The highest BCUT2D eigenvalue weighted by Gasteiger charge is 2.40. The molecule has 4 aromatic rings. The highest BCUT2D eigenvalue weighted by atomic mass is 33.1. The maximum Gasteiger partial charge on any atom is 0.245 e. The van der Waals surface area contributed by atoms with Gasteiger partial charge in [0.2, 0.25) is 88.6 Å². The third-order valence-corrected chi connectivity index (χ3v) is 21.5. The number of carbonyl (C=O) groups excluding carboxylic acids is 15. The number of phenolic OH excluding ortho intramolecular Hbond substituents is 2. The lowest BCUT2D eigenvalue weighted by Crippen LogP contribution is -2.62. The van der Waals surface area contributed by atoms with E-state index in [2.05, 4.69) is 84.7 Å². The topological polar surface area (TPSA) is 655 Å². The zero-order valence-corrected chi connectivity index (χ0v) is 66.8. The second-order valence-corrected chi connectivity index (χ2v) is 31.3. The van der Waals surface area contributed by atoms with E-state index < -0.39 is 242 Å². The van der Waals surface area contributed by atoms with E-state index in [-0.39, 0.29) is 82.4 Å². The fraction of sp³-hybridized carbons (Fsp3) is 0.520. The van der Waals surface area contributed by atoms with Gasteiger partial charge in [-0.05, 0) is 110 Å². The molecule has 0 saturated carbocycles. The van der Waals surface area contributed by atoms with E-state index in [4.69, 9.17) is 22.6 Å². The van der Waals surface area contributed by atoms with Gasteiger partial charge in [-0.15, -0.1) is 0 Å². The first-order chi connectivity index (χ1) is 55.7. The number of amides is 15. The molecule has 2 aliphatic heterocycles. The van der Waals surface area contributed by atoms with Crippen LogP contribution >= 0.6 is 21.6 Å². The zero-order chi connectivity index (χ0) is 86.0. The monoisotopic (exact) mass is 1670 g/mol. The minimum absolute atomic E-state index is 0.0167. The maximum atomic E-state index is 15.4. The van der Waals surface area contributed by atoms with Crippen LogP contribution in [0.1, 0.15) is 102 Å². The minimum Gasteiger partial charge on any atom is -0.508 e. The Morgan fingerprint density at radius 1 is 0.487 bits per heavy atom. The summed E-state index contributed by atoms with van der Waals surface area (Å²) in [6.07, 6.45) is -0.738. The molecule has 40 nitrogen and oxygen atoms in total. The summed E-state index contributed by atoms with van der Waals surface area (Å²) < 4.78 is 0. The Morgan fingerprint density at radius 2 is 0.897 bits per heavy atom. The van der Waals surface area contributed by atoms with Gasteiger partial charge in [0.1, 0.15) is 90.0 Å². The number of rotatable bonds is 24. The molecule has 640 valence electrons. The smallest absolute Gasteiger partial charge is 0.245 e. The second kappa shape index (κ2) is 47.6. The Balaban J connectivity index is 1.56. The Bertz CT molecular complexity index is 4120. The molecule has 14 atom stereocenters. The number of nitrogens with one attached hydrogen (secondary N) is 17. The third-order valence-electron chi connectivity index (χ3n) is 19.1. The molecule has 0 spiro atoms. The summed E-state index contributed by atoms with van der Waals surface area (Å²) in [5.41, 5.74) is 18.6. The van der Waals surface area contributed by atoms with Crippen molar-refractivity contribution in [3.63, 3.8) is 0 Å². The fourth-order valence-corrected chi connectivity index (χ4v) is 14.7. The first-order valence-electron chi connectivity index (χ1n) is 38.2. The van der Waals surface area contributed by atoms with Crippen LogP contribution in [-0.2, 0) is 91.2 Å². The van der Waals surface area contributed by atoms with Crippen molar-refractivity contribution in [1.29, 1.82) is 5.41 Å². The standard InChI is InChI=1S/C75H108N20O20S2/c1-5-39(4)61-74(115)82-32-60(102)83-47(14-10-26-80-75(78)79)62(103)90-56(35-98)71(112)92-55(34-97)69(110)88-52(29-41-17-21-44(100)22-18-41)66(107)84-48(13-8-9-25-76)63(104)93-57-36-116-117-37-58(73(114)95-61)94-68(109)53(30-42-31-81-46-12-7-6-11-45(42)46)89-70(111)54(33-96)91-64(105)49(23-24-59(77)101)85-67(108)51(28-40-15-19-43(99)20-16-40)87-65(106)50(27-38(2)3)86-72(57)113/h6-7,11-12,15-22,31,38-39,47-58,61,81,96-100H,5,8-10,13-14,23-30,32-37,76H2,1-4H3,(H2,77,101)(H,82,115)(H,83,102)(H,84,107)(H,85,108)(H,86,113)(H,87,106)(H,88,110)(H,89,111)(H,90,103)(H,91,105)(H,92,112)(H,93,104)(H,94,109)(H,95,114)(H4,78,79,80)/t39-,47-,48-,49-,50-,51-,52-,53-,54-,55-,56-,57-,58-,61+/m0/s1. The Hall–Kier alpha value is -11.3. The van der Waals surface area contributed by atoms with E-state index in [1.165, 1.54) is 48.5 Å². The summed E-state index contributed by atoms with van der Waals surface area (Å²) in [4.78, 5) is 222. The van der Waals surface area contributed by atoms with E-state index in [1.807, 2.05) is 0 Å². The lowest BCUT2D eigenvalue weighted by Gasteiger charge is -2.29. The third kappa shape index (κ3) is 30.7. The van der Waals surface area contributed by atoms with Crippen LogP contribution in [0.2, 0.25) is 0 Å². The van der Waals surface area contributed by atoms with E-state index in [0.29, 0.717) is 27.6 Å². The molecule has 1 aromatic heterocycles. The van der Waals surface area contributed by atoms with Crippen LogP contribution in [-0.4, -0.2) is 255 Å². The molecular weight excluding hydrogens is 1570 g/mol. The molecule has 0 aliphatic carbocycles. The quantitative estimate of drug-likeness (QED) is 0.0134.